The van der Waals surface area contributed by atoms with Crippen molar-refractivity contribution in [3.05, 3.63) is 46.7 Å². The predicted molar refractivity (Wildman–Crippen MR) is 88.0 cm³/mol. The van der Waals surface area contributed by atoms with Crippen LogP contribution in [-0.4, -0.2) is 15.6 Å². The Hall–Kier alpha value is -1.94. The molecule has 1 saturated carbocycles. The zero-order valence-corrected chi connectivity index (χ0v) is 13.0. The third-order valence-corrected chi connectivity index (χ3v) is 4.69. The zero-order chi connectivity index (χ0) is 15.7. The van der Waals surface area contributed by atoms with Gasteiger partial charge in [-0.1, -0.05) is 43.0 Å². The molecule has 0 radical (unpaired) electrons. The topological polar surface area (TPSA) is 68.2 Å². The van der Waals surface area contributed by atoms with Crippen molar-refractivity contribution in [2.75, 3.05) is 5.73 Å². The van der Waals surface area contributed by atoms with E-state index in [9.17, 15) is 9.90 Å². The van der Waals surface area contributed by atoms with E-state index in [0.717, 1.165) is 5.69 Å². The summed E-state index contributed by atoms with van der Waals surface area (Å²) in [6, 6.07) is 9.45. The van der Waals surface area contributed by atoms with Gasteiger partial charge < -0.3 is 10.8 Å². The molecule has 1 aliphatic carbocycles. The molecule has 22 heavy (non-hydrogen) atoms. The summed E-state index contributed by atoms with van der Waals surface area (Å²) in [6.45, 7) is 0. The highest BCUT2D eigenvalue weighted by atomic mass is 35.5. The molecule has 2 aromatic rings. The lowest BCUT2D eigenvalue weighted by atomic mass is 9.84. The Morgan fingerprint density at radius 3 is 2.41 bits per heavy atom. The molecule has 0 bridgehead atoms. The Morgan fingerprint density at radius 1 is 1.18 bits per heavy atom. The van der Waals surface area contributed by atoms with Gasteiger partial charge in [-0.15, -0.1) is 0 Å². The number of rotatable bonds is 3. The molecule has 5 heteroatoms. The number of carboxylic acids is 1. The van der Waals surface area contributed by atoms with Crippen molar-refractivity contribution in [1.29, 1.82) is 0 Å². The van der Waals surface area contributed by atoms with Crippen LogP contribution in [0.1, 0.15) is 54.1 Å². The van der Waals surface area contributed by atoms with Crippen LogP contribution < -0.4 is 5.73 Å². The molecule has 1 aromatic carbocycles. The van der Waals surface area contributed by atoms with E-state index in [-0.39, 0.29) is 11.4 Å². The zero-order valence-electron chi connectivity index (χ0n) is 12.3. The van der Waals surface area contributed by atoms with Crippen LogP contribution in [0.4, 0.5) is 5.69 Å². The van der Waals surface area contributed by atoms with E-state index in [2.05, 4.69) is 12.1 Å². The van der Waals surface area contributed by atoms with Gasteiger partial charge in [0.25, 0.3) is 0 Å². The number of nitrogens with two attached hydrogens (primary N) is 1. The lowest BCUT2D eigenvalue weighted by molar-refractivity contribution is 0.0689. The van der Waals surface area contributed by atoms with Gasteiger partial charge in [0, 0.05) is 5.69 Å². The summed E-state index contributed by atoms with van der Waals surface area (Å²) in [5.74, 6) is -0.465. The second kappa shape index (κ2) is 6.05. The number of anilines is 1. The van der Waals surface area contributed by atoms with Gasteiger partial charge >= 0.3 is 5.97 Å². The SMILES string of the molecule is Nc1cc(Cl)n(-c2ccc(C3CCCCC3)cc2)c1C(=O)O. The molecular weight excluding hydrogens is 300 g/mol. The highest BCUT2D eigenvalue weighted by Gasteiger charge is 2.20. The number of carbonyl (C=O) groups is 1. The number of aromatic carboxylic acids is 1. The van der Waals surface area contributed by atoms with Gasteiger partial charge in [-0.3, -0.25) is 4.57 Å². The summed E-state index contributed by atoms with van der Waals surface area (Å²) < 4.78 is 1.48. The fourth-order valence-corrected chi connectivity index (χ4v) is 3.60. The second-order valence-electron chi connectivity index (χ2n) is 5.84. The van der Waals surface area contributed by atoms with E-state index in [0.29, 0.717) is 11.1 Å². The number of nitrogen functional groups attached to an aromatic ring is 1. The Morgan fingerprint density at radius 2 is 1.82 bits per heavy atom. The van der Waals surface area contributed by atoms with Crippen LogP contribution in [0.3, 0.4) is 0 Å². The smallest absolute Gasteiger partial charge is 0.355 e. The van der Waals surface area contributed by atoms with E-state index in [4.69, 9.17) is 17.3 Å². The van der Waals surface area contributed by atoms with Gasteiger partial charge in [-0.2, -0.15) is 0 Å². The molecule has 1 fully saturated rings. The van der Waals surface area contributed by atoms with Crippen molar-refractivity contribution < 1.29 is 9.90 Å². The van der Waals surface area contributed by atoms with Gasteiger partial charge in [0.2, 0.25) is 0 Å². The number of halogens is 1. The number of carboxylic acid groups (broad SMARTS) is 1. The quantitative estimate of drug-likeness (QED) is 0.878. The Bertz CT molecular complexity index is 685. The minimum atomic E-state index is -1.08. The highest BCUT2D eigenvalue weighted by molar-refractivity contribution is 6.30. The lowest BCUT2D eigenvalue weighted by Gasteiger charge is -2.22. The summed E-state index contributed by atoms with van der Waals surface area (Å²) in [4.78, 5) is 11.4. The molecule has 0 saturated heterocycles. The van der Waals surface area contributed by atoms with E-state index >= 15 is 0 Å². The van der Waals surface area contributed by atoms with Crippen molar-refractivity contribution in [1.82, 2.24) is 4.57 Å². The van der Waals surface area contributed by atoms with Gasteiger partial charge in [0.1, 0.15) is 5.15 Å². The normalized spacial score (nSPS) is 15.9. The summed E-state index contributed by atoms with van der Waals surface area (Å²) in [6.07, 6.45) is 6.37. The molecule has 3 rings (SSSR count). The van der Waals surface area contributed by atoms with E-state index in [1.54, 1.807) is 0 Å². The third-order valence-electron chi connectivity index (χ3n) is 4.42. The number of hydrogen-bond acceptors (Lipinski definition) is 2. The molecule has 1 aliphatic rings. The minimum absolute atomic E-state index is 0.00964. The van der Waals surface area contributed by atoms with Crippen molar-refractivity contribution >= 4 is 23.3 Å². The van der Waals surface area contributed by atoms with Crippen molar-refractivity contribution in [3.8, 4) is 5.69 Å². The summed E-state index contributed by atoms with van der Waals surface area (Å²) >= 11 is 6.14. The second-order valence-corrected chi connectivity index (χ2v) is 6.23. The summed E-state index contributed by atoms with van der Waals surface area (Å²) in [5.41, 5.74) is 7.96. The van der Waals surface area contributed by atoms with Gasteiger partial charge in [0.15, 0.2) is 5.69 Å². The molecule has 0 atom stereocenters. The van der Waals surface area contributed by atoms with Gasteiger partial charge in [-0.05, 0) is 42.5 Å². The molecule has 1 aromatic heterocycles. The Labute approximate surface area is 134 Å². The maximum Gasteiger partial charge on any atom is 0.355 e. The molecule has 0 unspecified atom stereocenters. The molecule has 3 N–H and O–H groups in total. The largest absolute Gasteiger partial charge is 0.476 e. The average Bonchev–Trinajstić information content (AvgIpc) is 2.83. The average molecular weight is 319 g/mol. The van der Waals surface area contributed by atoms with Crippen LogP contribution in [0.15, 0.2) is 30.3 Å². The van der Waals surface area contributed by atoms with Crippen LogP contribution >= 0.6 is 11.6 Å². The van der Waals surface area contributed by atoms with Crippen LogP contribution in [0.5, 0.6) is 0 Å². The molecular formula is C17H19ClN2O2. The first kappa shape index (κ1) is 15.0. The first-order chi connectivity index (χ1) is 10.6. The third kappa shape index (κ3) is 2.71. The standard InChI is InChI=1S/C17H19ClN2O2/c18-15-10-14(19)16(17(21)22)20(15)13-8-6-12(7-9-13)11-4-2-1-3-5-11/h6-11H,1-5,19H2,(H,21,22). The predicted octanol–water partition coefficient (Wildman–Crippen LogP) is 4.46. The van der Waals surface area contributed by atoms with E-state index < -0.39 is 5.97 Å². The molecule has 0 aliphatic heterocycles. The van der Waals surface area contributed by atoms with Crippen molar-refractivity contribution in [2.24, 2.45) is 0 Å². The van der Waals surface area contributed by atoms with Crippen LogP contribution in [0, 0.1) is 0 Å². The fraction of sp³-hybridized carbons (Fsp3) is 0.353. The van der Waals surface area contributed by atoms with Crippen LogP contribution in [0.2, 0.25) is 5.15 Å². The highest BCUT2D eigenvalue weighted by Crippen LogP contribution is 2.34. The maximum absolute atomic E-state index is 11.4. The number of hydrogen-bond donors (Lipinski definition) is 2. The Kier molecular flexibility index (Phi) is 4.12. The Balaban J connectivity index is 1.95. The molecule has 1 heterocycles. The van der Waals surface area contributed by atoms with Gasteiger partial charge in [0.05, 0.1) is 5.69 Å². The van der Waals surface area contributed by atoms with Crippen LogP contribution in [-0.2, 0) is 0 Å². The molecule has 0 spiro atoms. The summed E-state index contributed by atoms with van der Waals surface area (Å²) in [7, 11) is 0. The van der Waals surface area contributed by atoms with Crippen molar-refractivity contribution in [2.45, 2.75) is 38.0 Å². The minimum Gasteiger partial charge on any atom is -0.476 e. The molecule has 116 valence electrons. The lowest BCUT2D eigenvalue weighted by Crippen LogP contribution is -2.09. The maximum atomic E-state index is 11.4. The molecule has 0 amide bonds. The number of nitrogens with zero attached hydrogens (tertiary/aromatic N) is 1. The number of benzene rings is 1. The number of aromatic nitrogens is 1. The van der Waals surface area contributed by atoms with Crippen LogP contribution in [0.25, 0.3) is 5.69 Å². The van der Waals surface area contributed by atoms with Crippen molar-refractivity contribution in [3.63, 3.8) is 0 Å². The van der Waals surface area contributed by atoms with E-state index in [1.807, 2.05) is 12.1 Å². The monoisotopic (exact) mass is 318 g/mol. The van der Waals surface area contributed by atoms with E-state index in [1.165, 1.54) is 48.3 Å². The molecule has 4 nitrogen and oxygen atoms in total. The first-order valence-electron chi connectivity index (χ1n) is 7.58. The summed E-state index contributed by atoms with van der Waals surface area (Å²) in [5, 5.41) is 9.63. The first-order valence-corrected chi connectivity index (χ1v) is 7.96. The fourth-order valence-electron chi connectivity index (χ4n) is 3.30. The van der Waals surface area contributed by atoms with Gasteiger partial charge in [-0.25, -0.2) is 4.79 Å².